The van der Waals surface area contributed by atoms with Gasteiger partial charge in [-0.15, -0.1) is 0 Å². The molecule has 8 N–H and O–H groups in total. The first-order valence-corrected chi connectivity index (χ1v) is 31.2. The van der Waals surface area contributed by atoms with E-state index in [4.69, 9.17) is 49.9 Å². The van der Waals surface area contributed by atoms with Crippen LogP contribution in [-0.2, 0) is 47.8 Å². The fraction of sp³-hybridized carbons (Fsp3) is 0.333. The van der Waals surface area contributed by atoms with E-state index in [-0.39, 0.29) is 44.4 Å². The summed E-state index contributed by atoms with van der Waals surface area (Å²) in [6.07, 6.45) is 12.1. The molecule has 20 nitrogen and oxygen atoms in total. The fourth-order valence-electron chi connectivity index (χ4n) is 12.5. The van der Waals surface area contributed by atoms with Gasteiger partial charge in [-0.05, 0) is 177 Å². The molecule has 470 valence electrons. The first-order chi connectivity index (χ1) is 41.2. The molecule has 89 heavy (non-hydrogen) atoms. The van der Waals surface area contributed by atoms with E-state index < -0.39 is 57.5 Å². The van der Waals surface area contributed by atoms with Gasteiger partial charge in [0.1, 0.15) is 33.4 Å². The maximum atomic E-state index is 12.8. The Morgan fingerprint density at radius 1 is 0.517 bits per heavy atom. The smallest absolute Gasteiger partial charge is 0.477 e. The average Bonchev–Trinajstić information content (AvgIpc) is 0.916. The largest absolute Gasteiger partial charge is 0.488 e. The number of fused-ring (bicyclic) bond motifs is 6. The number of carbonyl (C=O) groups is 3. The standard InChI is InChI=1S/C22H21BN2O5.C16H14ClNO3.C16H15NO4.C6H8BNO2.3CH4.Cl2OS/c26-21(24-16-6-1-5-15(12-16)23(28)29)18-11-14-10-13-4-2-8-25-9-3-7-17(19(13)25)20(14)30-22(18)27;17-15(19)12-8-10-7-9-3-1-5-18-6-2-4-11(13(9)18)14(10)21-16(12)20;18-15(19)12-8-10-7-9-3-1-5-17-6-2-4-11(13(9)17)14(10)21-16(12)20;8-6-3-1-2-5(4-6)7(9)10;;;;1-4(2)3/h1,5-6,10-12,28-29H,2-4,7-9H2,(H,24,26);7-8H,1-6H2;7-8H,1-6H2,(H,18,19);1-4,9-10H,8H2;3*1H4;. The number of carboxylic acids is 1. The number of carboxylic acid groups (broad SMARTS) is 1. The molecule has 0 saturated heterocycles. The molecule has 0 aliphatic carbocycles. The molecule has 0 saturated carbocycles. The predicted octanol–water partition coefficient (Wildman–Crippen LogP) is 8.38. The summed E-state index contributed by atoms with van der Waals surface area (Å²) in [5.41, 5.74) is 16.8. The number of aromatic carboxylic acids is 1. The van der Waals surface area contributed by atoms with Gasteiger partial charge in [-0.2, -0.15) is 0 Å². The van der Waals surface area contributed by atoms with Gasteiger partial charge < -0.3 is 64.2 Å². The Bertz CT molecular complexity index is 4050. The summed E-state index contributed by atoms with van der Waals surface area (Å²) < 4.78 is 25.5. The second-order valence-corrected chi connectivity index (χ2v) is 24.4. The van der Waals surface area contributed by atoms with Gasteiger partial charge in [0.15, 0.2) is 0 Å². The van der Waals surface area contributed by atoms with E-state index in [0.717, 1.165) is 149 Å². The van der Waals surface area contributed by atoms with Crippen LogP contribution in [0.1, 0.15) is 125 Å². The molecule has 0 radical (unpaired) electrons. The number of hydrogen-bond donors (Lipinski definition) is 7. The van der Waals surface area contributed by atoms with Crippen LogP contribution in [0.25, 0.3) is 32.9 Å². The summed E-state index contributed by atoms with van der Waals surface area (Å²) in [5, 5.41) is 49.1. The lowest BCUT2D eigenvalue weighted by molar-refractivity contribution is 0.0692. The van der Waals surface area contributed by atoms with Crippen molar-refractivity contribution >= 4 is 146 Å². The SMILES string of the molecule is C.C.C.Nc1cccc(B(O)O)c1.O=C(Cl)c1cc2cc3c4c(c2oc1=O)CCCN4CCC3.O=C(Nc1cccc(B(O)O)c1)c1cc2cc3c4c(c2oc1=O)CCCN4CCC3.O=C(O)c1cc2cc3c4c(c2oc1=O)CCCN4CCC3.O=S(Cl)Cl. The Hall–Kier alpha value is -7.47. The molecule has 6 aliphatic heterocycles. The molecule has 0 fully saturated rings. The van der Waals surface area contributed by atoms with Gasteiger partial charge >= 0.3 is 37.1 Å². The van der Waals surface area contributed by atoms with Crippen molar-refractivity contribution in [3.05, 3.63) is 166 Å². The highest BCUT2D eigenvalue weighted by atomic mass is 36.0. The third kappa shape index (κ3) is 15.2. The molecule has 0 bridgehead atoms. The topological polar surface area (TPSA) is 308 Å². The summed E-state index contributed by atoms with van der Waals surface area (Å²) in [4.78, 5) is 78.7. The van der Waals surface area contributed by atoms with Crippen LogP contribution >= 0.6 is 33.0 Å². The maximum absolute atomic E-state index is 12.8. The highest BCUT2D eigenvalue weighted by molar-refractivity contribution is 8.26. The Labute approximate surface area is 530 Å². The lowest BCUT2D eigenvalue weighted by atomic mass is 9.80. The van der Waals surface area contributed by atoms with Crippen LogP contribution in [-0.4, -0.2) is 100 Å². The van der Waals surface area contributed by atoms with Crippen molar-refractivity contribution < 1.29 is 57.0 Å². The summed E-state index contributed by atoms with van der Waals surface area (Å²) >= 11 is 5.45. The number of benzene rings is 5. The van der Waals surface area contributed by atoms with E-state index >= 15 is 0 Å². The first-order valence-electron chi connectivity index (χ1n) is 28.0. The molecule has 6 aliphatic rings. The van der Waals surface area contributed by atoms with Crippen molar-refractivity contribution in [2.24, 2.45) is 0 Å². The van der Waals surface area contributed by atoms with Gasteiger partial charge in [-0.25, -0.2) is 23.4 Å². The van der Waals surface area contributed by atoms with Crippen molar-refractivity contribution in [1.82, 2.24) is 0 Å². The van der Waals surface area contributed by atoms with E-state index in [9.17, 15) is 38.8 Å². The molecular formula is C63H70B2Cl3N5O15S. The molecule has 26 heteroatoms. The fourth-order valence-corrected chi connectivity index (χ4v) is 12.6. The highest BCUT2D eigenvalue weighted by Crippen LogP contribution is 2.42. The minimum Gasteiger partial charge on any atom is -0.477 e. The van der Waals surface area contributed by atoms with Gasteiger partial charge in [0.05, 0.1) is 0 Å². The summed E-state index contributed by atoms with van der Waals surface area (Å²) in [6, 6.07) is 23.3. The molecule has 0 atom stereocenters. The normalized spacial score (nSPS) is 14.5. The molecule has 1 amide bonds. The van der Waals surface area contributed by atoms with E-state index in [1.807, 2.05) is 18.2 Å². The number of carbonyl (C=O) groups excluding carboxylic acids is 2. The zero-order chi connectivity index (χ0) is 61.1. The maximum Gasteiger partial charge on any atom is 0.488 e. The molecule has 0 unspecified atom stereocenters. The lowest BCUT2D eigenvalue weighted by Gasteiger charge is -2.37. The van der Waals surface area contributed by atoms with Crippen LogP contribution in [0.2, 0.25) is 0 Å². The van der Waals surface area contributed by atoms with E-state index in [1.54, 1.807) is 42.5 Å². The number of halogens is 3. The average molecular weight is 1300 g/mol. The lowest BCUT2D eigenvalue weighted by Crippen LogP contribution is -2.34. The molecule has 0 spiro atoms. The summed E-state index contributed by atoms with van der Waals surface area (Å²) in [7, 11) is 4.29. The Balaban J connectivity index is 0.000000171. The number of nitrogen functional groups attached to an aromatic ring is 1. The van der Waals surface area contributed by atoms with Gasteiger partial charge in [0.2, 0.25) is 9.23 Å². The van der Waals surface area contributed by atoms with E-state index in [1.165, 1.54) is 58.0 Å². The van der Waals surface area contributed by atoms with Crippen LogP contribution in [0.3, 0.4) is 0 Å². The van der Waals surface area contributed by atoms with Crippen LogP contribution in [0.4, 0.5) is 28.4 Å². The van der Waals surface area contributed by atoms with Gasteiger partial charge in [0, 0.05) is 122 Å². The predicted molar refractivity (Wildman–Crippen MR) is 356 cm³/mol. The number of nitrogens with two attached hydrogens (primary N) is 1. The quantitative estimate of drug-likeness (QED) is 0.0356. The Morgan fingerprint density at radius 2 is 0.865 bits per heavy atom. The van der Waals surface area contributed by atoms with E-state index in [0.29, 0.717) is 33.6 Å². The van der Waals surface area contributed by atoms with Gasteiger partial charge in [-0.3, -0.25) is 9.59 Å². The number of nitrogens with zero attached hydrogens (tertiary/aromatic N) is 3. The van der Waals surface area contributed by atoms with Crippen LogP contribution in [0.5, 0.6) is 0 Å². The molecule has 3 aromatic heterocycles. The number of amides is 1. The molecule has 9 heterocycles. The number of nitrogens with one attached hydrogen (secondary N) is 1. The Morgan fingerprint density at radius 3 is 1.24 bits per heavy atom. The van der Waals surface area contributed by atoms with Gasteiger partial charge in [-0.1, -0.05) is 46.5 Å². The molecular weight excluding hydrogens is 1230 g/mol. The first kappa shape index (κ1) is 69.0. The van der Waals surface area contributed by atoms with Crippen molar-refractivity contribution in [1.29, 1.82) is 0 Å². The van der Waals surface area contributed by atoms with Crippen molar-refractivity contribution in [2.45, 2.75) is 99.3 Å². The third-order valence-electron chi connectivity index (χ3n) is 16.0. The highest BCUT2D eigenvalue weighted by Gasteiger charge is 2.31. The second-order valence-electron chi connectivity index (χ2n) is 21.5. The number of rotatable bonds is 6. The monoisotopic (exact) mass is 1300 g/mol. The minimum absolute atomic E-state index is 0. The van der Waals surface area contributed by atoms with Crippen molar-refractivity contribution in [3.8, 4) is 0 Å². The minimum atomic E-state index is -1.67. The Kier molecular flexibility index (Phi) is 23.2. The van der Waals surface area contributed by atoms with Gasteiger partial charge in [0.25, 0.3) is 11.1 Å². The number of anilines is 5. The summed E-state index contributed by atoms with van der Waals surface area (Å²) in [5.74, 6) is -1.83. The zero-order valence-electron chi connectivity index (χ0n) is 46.2. The van der Waals surface area contributed by atoms with Crippen LogP contribution < -0.4 is 53.6 Å². The van der Waals surface area contributed by atoms with E-state index in [2.05, 4.69) is 41.4 Å². The van der Waals surface area contributed by atoms with Crippen molar-refractivity contribution in [2.75, 3.05) is 65.0 Å². The molecule has 5 aromatic carbocycles. The third-order valence-corrected chi connectivity index (χ3v) is 16.2. The molecule has 14 rings (SSSR count). The van der Waals surface area contributed by atoms with Crippen LogP contribution in [0, 0.1) is 0 Å². The molecule has 8 aromatic rings. The zero-order valence-corrected chi connectivity index (χ0v) is 49.3. The summed E-state index contributed by atoms with van der Waals surface area (Å²) in [6.45, 7) is 6.27. The second kappa shape index (κ2) is 29.9. The van der Waals surface area contributed by atoms with Crippen LogP contribution in [0.15, 0.2) is 113 Å². The number of hydrogen-bond acceptors (Lipinski definition) is 18. The number of aryl methyl sites for hydroxylation is 6. The van der Waals surface area contributed by atoms with Crippen molar-refractivity contribution in [3.63, 3.8) is 0 Å².